The number of carbonyl (C=O) groups excluding carboxylic acids is 1. The van der Waals surface area contributed by atoms with Crippen LogP contribution < -0.4 is 0 Å². The summed E-state index contributed by atoms with van der Waals surface area (Å²) in [5.41, 5.74) is 2.02. The summed E-state index contributed by atoms with van der Waals surface area (Å²) in [6.45, 7) is 0. The summed E-state index contributed by atoms with van der Waals surface area (Å²) in [4.78, 5) is 26.0. The van der Waals surface area contributed by atoms with Crippen LogP contribution >= 0.6 is 0 Å². The maximum atomic E-state index is 13.0. The number of fused-ring (bicyclic) bond motifs is 2. The maximum absolute atomic E-state index is 13.0. The Morgan fingerprint density at radius 1 is 1.04 bits per heavy atom. The Kier molecular flexibility index (Phi) is 3.82. The first-order chi connectivity index (χ1) is 12.0. The summed E-state index contributed by atoms with van der Waals surface area (Å²) >= 11 is 0. The van der Waals surface area contributed by atoms with Crippen LogP contribution in [-0.4, -0.2) is 43.7 Å². The highest BCUT2D eigenvalue weighted by Crippen LogP contribution is 2.43. The molecule has 3 heterocycles. The van der Waals surface area contributed by atoms with Crippen molar-refractivity contribution in [2.45, 2.75) is 43.7 Å². The predicted molar refractivity (Wildman–Crippen MR) is 91.6 cm³/mol. The van der Waals surface area contributed by atoms with Gasteiger partial charge >= 0.3 is 5.97 Å². The third-order valence-corrected chi connectivity index (χ3v) is 5.62. The minimum Gasteiger partial charge on any atom is -0.478 e. The van der Waals surface area contributed by atoms with Crippen molar-refractivity contribution in [3.8, 4) is 0 Å². The average Bonchev–Trinajstić information content (AvgIpc) is 3.15. The van der Waals surface area contributed by atoms with Crippen LogP contribution in [0.25, 0.3) is 0 Å². The first kappa shape index (κ1) is 15.9. The van der Waals surface area contributed by atoms with E-state index in [0.29, 0.717) is 11.5 Å². The number of hydrogen-bond donors (Lipinski definition) is 1. The number of carboxylic acid groups (broad SMARTS) is 1. The topological polar surface area (TPSA) is 75.4 Å². The molecule has 1 aromatic carbocycles. The normalized spacial score (nSPS) is 25.2. The van der Waals surface area contributed by atoms with E-state index in [1.165, 1.54) is 17.8 Å². The van der Waals surface area contributed by atoms with E-state index in [2.05, 4.69) is 11.2 Å². The van der Waals surface area contributed by atoms with Crippen molar-refractivity contribution in [1.29, 1.82) is 0 Å². The van der Waals surface area contributed by atoms with Gasteiger partial charge in [0.15, 0.2) is 0 Å². The highest BCUT2D eigenvalue weighted by Gasteiger charge is 2.44. The number of nitrogens with zero attached hydrogens (tertiary/aromatic N) is 3. The first-order valence-electron chi connectivity index (χ1n) is 8.68. The van der Waals surface area contributed by atoms with Crippen molar-refractivity contribution in [2.24, 2.45) is 7.05 Å². The van der Waals surface area contributed by atoms with E-state index < -0.39 is 5.97 Å². The number of aryl methyl sites for hydroxylation is 1. The van der Waals surface area contributed by atoms with Crippen LogP contribution in [0.4, 0.5) is 0 Å². The Hall–Kier alpha value is -2.63. The molecule has 2 atom stereocenters. The lowest BCUT2D eigenvalue weighted by Crippen LogP contribution is -2.46. The van der Waals surface area contributed by atoms with Gasteiger partial charge in [-0.2, -0.15) is 5.10 Å². The van der Waals surface area contributed by atoms with Crippen molar-refractivity contribution in [3.63, 3.8) is 0 Å². The number of piperidine rings is 1. The van der Waals surface area contributed by atoms with Gasteiger partial charge in [-0.05, 0) is 56.0 Å². The number of aromatic nitrogens is 2. The molecule has 4 rings (SSSR count). The highest BCUT2D eigenvalue weighted by molar-refractivity contribution is 5.96. The van der Waals surface area contributed by atoms with Crippen molar-refractivity contribution in [3.05, 3.63) is 53.3 Å². The van der Waals surface area contributed by atoms with Crippen LogP contribution in [0, 0.1) is 0 Å². The summed E-state index contributed by atoms with van der Waals surface area (Å²) in [5, 5.41) is 13.3. The summed E-state index contributed by atoms with van der Waals surface area (Å²) in [6, 6.07) is 8.83. The highest BCUT2D eigenvalue weighted by atomic mass is 16.4. The predicted octanol–water partition coefficient (Wildman–Crippen LogP) is 2.67. The van der Waals surface area contributed by atoms with Crippen LogP contribution in [0.2, 0.25) is 0 Å². The fourth-order valence-corrected chi connectivity index (χ4v) is 4.44. The molecule has 2 unspecified atom stereocenters. The minimum atomic E-state index is -0.976. The number of carbonyl (C=O) groups is 2. The molecule has 1 N–H and O–H groups in total. The van der Waals surface area contributed by atoms with E-state index >= 15 is 0 Å². The first-order valence-corrected chi connectivity index (χ1v) is 8.68. The Morgan fingerprint density at radius 3 is 2.16 bits per heavy atom. The number of hydrogen-bond acceptors (Lipinski definition) is 3. The van der Waals surface area contributed by atoms with Crippen LogP contribution in [0.5, 0.6) is 0 Å². The molecule has 2 aromatic rings. The lowest BCUT2D eigenvalue weighted by molar-refractivity contribution is 0.0566. The number of rotatable bonds is 3. The molecule has 2 saturated heterocycles. The van der Waals surface area contributed by atoms with Crippen LogP contribution in [0.1, 0.15) is 58.0 Å². The number of aromatic carboxylic acids is 1. The number of benzene rings is 1. The van der Waals surface area contributed by atoms with Crippen LogP contribution in [0.3, 0.4) is 0 Å². The van der Waals surface area contributed by atoms with Gasteiger partial charge in [-0.15, -0.1) is 0 Å². The molecule has 6 heteroatoms. The zero-order valence-corrected chi connectivity index (χ0v) is 14.1. The molecule has 2 bridgehead atoms. The quantitative estimate of drug-likeness (QED) is 0.933. The second-order valence-electron chi connectivity index (χ2n) is 7.03. The van der Waals surface area contributed by atoms with Gasteiger partial charge in [0.05, 0.1) is 5.56 Å². The molecule has 25 heavy (non-hydrogen) atoms. The van der Waals surface area contributed by atoms with Gasteiger partial charge in [-0.3, -0.25) is 9.48 Å². The minimum absolute atomic E-state index is 0.0212. The fourth-order valence-electron chi connectivity index (χ4n) is 4.44. The second kappa shape index (κ2) is 6.02. The smallest absolute Gasteiger partial charge is 0.335 e. The molecular weight excluding hydrogens is 318 g/mol. The van der Waals surface area contributed by atoms with Crippen LogP contribution in [0.15, 0.2) is 36.5 Å². The molecule has 0 aliphatic carbocycles. The third kappa shape index (κ3) is 2.71. The van der Waals surface area contributed by atoms with Gasteiger partial charge in [0.25, 0.3) is 5.91 Å². The lowest BCUT2D eigenvalue weighted by Gasteiger charge is -2.39. The van der Waals surface area contributed by atoms with Crippen LogP contribution in [-0.2, 0) is 7.05 Å². The molecule has 0 radical (unpaired) electrons. The molecular formula is C19H21N3O3. The van der Waals surface area contributed by atoms with E-state index in [1.807, 2.05) is 22.8 Å². The van der Waals surface area contributed by atoms with Gasteiger partial charge in [-0.1, -0.05) is 0 Å². The van der Waals surface area contributed by atoms with Gasteiger partial charge < -0.3 is 10.0 Å². The Labute approximate surface area is 146 Å². The largest absolute Gasteiger partial charge is 0.478 e. The molecule has 0 spiro atoms. The third-order valence-electron chi connectivity index (χ3n) is 5.62. The zero-order valence-electron chi connectivity index (χ0n) is 14.1. The van der Waals surface area contributed by atoms with Gasteiger partial charge in [0.2, 0.25) is 0 Å². The molecule has 130 valence electrons. The number of amides is 1. The second-order valence-corrected chi connectivity index (χ2v) is 7.03. The van der Waals surface area contributed by atoms with Crippen molar-refractivity contribution in [1.82, 2.24) is 14.7 Å². The SMILES string of the molecule is Cn1nccc1C1CC2CCC(C1)N2C(=O)c1ccc(C(=O)O)cc1. The molecule has 6 nitrogen and oxygen atoms in total. The van der Waals surface area contributed by atoms with E-state index in [9.17, 15) is 9.59 Å². The summed E-state index contributed by atoms with van der Waals surface area (Å²) in [5.74, 6) is -0.507. The average molecular weight is 339 g/mol. The Morgan fingerprint density at radius 2 is 1.64 bits per heavy atom. The summed E-state index contributed by atoms with van der Waals surface area (Å²) in [7, 11) is 1.97. The Bertz CT molecular complexity index is 798. The van der Waals surface area contributed by atoms with E-state index in [4.69, 9.17) is 5.11 Å². The van der Waals surface area contributed by atoms with Gasteiger partial charge in [0, 0.05) is 42.5 Å². The molecule has 1 aromatic heterocycles. The van der Waals surface area contributed by atoms with Crippen molar-refractivity contribution < 1.29 is 14.7 Å². The monoisotopic (exact) mass is 339 g/mol. The molecule has 2 fully saturated rings. The van der Waals surface area contributed by atoms with Gasteiger partial charge in [-0.25, -0.2) is 4.79 Å². The molecule has 0 saturated carbocycles. The maximum Gasteiger partial charge on any atom is 0.335 e. The lowest BCUT2D eigenvalue weighted by atomic mass is 9.87. The van der Waals surface area contributed by atoms with E-state index in [1.54, 1.807) is 12.1 Å². The molecule has 2 aliphatic heterocycles. The molecule has 2 aliphatic rings. The van der Waals surface area contributed by atoms with Crippen molar-refractivity contribution >= 4 is 11.9 Å². The standard InChI is InChI=1S/C19H21N3O3/c1-21-17(8-9-20-21)14-10-15-6-7-16(11-14)22(15)18(23)12-2-4-13(5-3-12)19(24)25/h2-5,8-9,14-16H,6-7,10-11H2,1H3,(H,24,25). The summed E-state index contributed by atoms with van der Waals surface area (Å²) in [6.07, 6.45) is 5.85. The fraction of sp³-hybridized carbons (Fsp3) is 0.421. The van der Waals surface area contributed by atoms with E-state index in [-0.39, 0.29) is 23.6 Å². The number of carboxylic acids is 1. The Balaban J connectivity index is 1.53. The summed E-state index contributed by atoms with van der Waals surface area (Å²) < 4.78 is 1.94. The molecule has 1 amide bonds. The van der Waals surface area contributed by atoms with Gasteiger partial charge in [0.1, 0.15) is 0 Å². The van der Waals surface area contributed by atoms with E-state index in [0.717, 1.165) is 25.7 Å². The zero-order chi connectivity index (χ0) is 17.6. The van der Waals surface area contributed by atoms with Crippen molar-refractivity contribution in [2.75, 3.05) is 0 Å².